The Kier molecular flexibility index (Phi) is 4.24. The van der Waals surface area contributed by atoms with E-state index in [9.17, 15) is 9.59 Å². The molecule has 4 rings (SSSR count). The van der Waals surface area contributed by atoms with Gasteiger partial charge in [0.2, 0.25) is 11.8 Å². The van der Waals surface area contributed by atoms with Crippen molar-refractivity contribution >= 4 is 22.7 Å². The monoisotopic (exact) mass is 339 g/mol. The zero-order valence-corrected chi connectivity index (χ0v) is 14.7. The number of aromatic nitrogens is 1. The number of carbonyl (C=O) groups is 2. The van der Waals surface area contributed by atoms with Gasteiger partial charge in [-0.1, -0.05) is 18.2 Å². The highest BCUT2D eigenvalue weighted by molar-refractivity contribution is 5.90. The van der Waals surface area contributed by atoms with Crippen LogP contribution in [0.25, 0.3) is 10.9 Å². The number of rotatable bonds is 5. The van der Waals surface area contributed by atoms with Gasteiger partial charge in [-0.05, 0) is 50.2 Å². The number of benzene rings is 1. The Morgan fingerprint density at radius 3 is 2.92 bits per heavy atom. The quantitative estimate of drug-likeness (QED) is 0.879. The topological polar surface area (TPSA) is 65.2 Å². The fraction of sp³-hybridized carbons (Fsp3) is 0.500. The molecular weight excluding hydrogens is 314 g/mol. The fourth-order valence-corrected chi connectivity index (χ4v) is 3.88. The van der Waals surface area contributed by atoms with Crippen LogP contribution < -0.4 is 5.32 Å². The minimum absolute atomic E-state index is 0.00234. The average Bonchev–Trinajstić information content (AvgIpc) is 3.19. The predicted octanol–water partition coefficient (Wildman–Crippen LogP) is 2.54. The molecule has 2 N–H and O–H groups in total. The van der Waals surface area contributed by atoms with E-state index >= 15 is 0 Å². The summed E-state index contributed by atoms with van der Waals surface area (Å²) in [6.07, 6.45) is 6.52. The van der Waals surface area contributed by atoms with E-state index < -0.39 is 0 Å². The van der Waals surface area contributed by atoms with Crippen molar-refractivity contribution in [3.8, 4) is 0 Å². The third-order valence-electron chi connectivity index (χ3n) is 5.47. The van der Waals surface area contributed by atoms with Crippen molar-refractivity contribution in [2.45, 2.75) is 45.1 Å². The Labute approximate surface area is 147 Å². The van der Waals surface area contributed by atoms with Crippen molar-refractivity contribution in [1.82, 2.24) is 15.2 Å². The molecular formula is C20H25N3O2. The molecule has 0 bridgehead atoms. The van der Waals surface area contributed by atoms with Gasteiger partial charge < -0.3 is 15.2 Å². The van der Waals surface area contributed by atoms with Crippen molar-refractivity contribution in [3.63, 3.8) is 0 Å². The molecule has 5 heteroatoms. The summed E-state index contributed by atoms with van der Waals surface area (Å²) in [6, 6.07) is 6.00. The van der Waals surface area contributed by atoms with Gasteiger partial charge in [0.15, 0.2) is 0 Å². The second-order valence-corrected chi connectivity index (χ2v) is 7.32. The highest BCUT2D eigenvalue weighted by Crippen LogP contribution is 2.33. The lowest BCUT2D eigenvalue weighted by atomic mass is 10.1. The van der Waals surface area contributed by atoms with Crippen molar-refractivity contribution in [1.29, 1.82) is 0 Å². The van der Waals surface area contributed by atoms with Crippen molar-refractivity contribution in [2.24, 2.45) is 5.92 Å². The van der Waals surface area contributed by atoms with Crippen LogP contribution in [-0.2, 0) is 16.0 Å². The number of aromatic amines is 1. The number of amides is 2. The lowest BCUT2D eigenvalue weighted by Gasteiger charge is -2.24. The molecule has 0 radical (unpaired) electrons. The number of nitrogens with one attached hydrogen (secondary N) is 2. The maximum atomic E-state index is 12.5. The molecule has 2 amide bonds. The van der Waals surface area contributed by atoms with Crippen LogP contribution in [0.1, 0.15) is 36.8 Å². The van der Waals surface area contributed by atoms with Gasteiger partial charge in [0, 0.05) is 36.1 Å². The first-order valence-electron chi connectivity index (χ1n) is 9.29. The standard InChI is InChI=1S/C20H25N3O2/c1-13-4-2-5-16-15(12-22-18(13)16)9-10-21-19(24)17-6-3-11-23(17)20(25)14-7-8-14/h2,4-5,12,14,17,22H,3,6-11H2,1H3,(H,21,24)/t17-/m0/s1. The maximum absolute atomic E-state index is 12.5. The molecule has 5 nitrogen and oxygen atoms in total. The molecule has 132 valence electrons. The molecule has 1 aromatic heterocycles. The number of hydrogen-bond acceptors (Lipinski definition) is 2. The van der Waals surface area contributed by atoms with Gasteiger partial charge in [0.05, 0.1) is 0 Å². The van der Waals surface area contributed by atoms with Gasteiger partial charge >= 0.3 is 0 Å². The SMILES string of the molecule is Cc1cccc2c(CCNC(=O)[C@@H]3CCCN3C(=O)C3CC3)c[nH]c12. The molecule has 1 saturated carbocycles. The summed E-state index contributed by atoms with van der Waals surface area (Å²) in [5, 5.41) is 4.26. The van der Waals surface area contributed by atoms with Crippen LogP contribution in [0.2, 0.25) is 0 Å². The number of hydrogen-bond donors (Lipinski definition) is 2. The molecule has 1 aliphatic heterocycles. The minimum atomic E-state index is -0.265. The molecule has 2 aliphatic rings. The van der Waals surface area contributed by atoms with Crippen LogP contribution in [0.4, 0.5) is 0 Å². The first-order valence-corrected chi connectivity index (χ1v) is 9.29. The van der Waals surface area contributed by atoms with Crippen LogP contribution in [0, 0.1) is 12.8 Å². The largest absolute Gasteiger partial charge is 0.361 e. The van der Waals surface area contributed by atoms with Crippen LogP contribution >= 0.6 is 0 Å². The Hall–Kier alpha value is -2.30. The molecule has 0 unspecified atom stereocenters. The number of H-pyrrole nitrogens is 1. The highest BCUT2D eigenvalue weighted by Gasteiger charge is 2.40. The number of aryl methyl sites for hydroxylation is 1. The average molecular weight is 339 g/mol. The molecule has 2 heterocycles. The molecule has 1 aliphatic carbocycles. The summed E-state index contributed by atoms with van der Waals surface area (Å²) < 4.78 is 0. The van der Waals surface area contributed by atoms with E-state index in [1.807, 2.05) is 11.1 Å². The van der Waals surface area contributed by atoms with Crippen molar-refractivity contribution < 1.29 is 9.59 Å². The van der Waals surface area contributed by atoms with Crippen LogP contribution in [0.5, 0.6) is 0 Å². The maximum Gasteiger partial charge on any atom is 0.242 e. The summed E-state index contributed by atoms with van der Waals surface area (Å²) in [4.78, 5) is 30.0. The lowest BCUT2D eigenvalue weighted by Crippen LogP contribution is -2.46. The molecule has 25 heavy (non-hydrogen) atoms. The zero-order chi connectivity index (χ0) is 17.4. The molecule has 1 saturated heterocycles. The lowest BCUT2D eigenvalue weighted by molar-refractivity contribution is -0.139. The predicted molar refractivity (Wildman–Crippen MR) is 97.2 cm³/mol. The van der Waals surface area contributed by atoms with Gasteiger partial charge in [0.1, 0.15) is 6.04 Å². The first-order chi connectivity index (χ1) is 12.1. The number of likely N-dealkylation sites (tertiary alicyclic amines) is 1. The second kappa shape index (κ2) is 6.54. The third-order valence-corrected chi connectivity index (χ3v) is 5.47. The van der Waals surface area contributed by atoms with Crippen LogP contribution in [-0.4, -0.2) is 40.8 Å². The molecule has 2 fully saturated rings. The Morgan fingerprint density at radius 2 is 2.12 bits per heavy atom. The van der Waals surface area contributed by atoms with E-state index in [1.54, 1.807) is 0 Å². The van der Waals surface area contributed by atoms with E-state index in [0.29, 0.717) is 6.54 Å². The van der Waals surface area contributed by atoms with Gasteiger partial charge in [0.25, 0.3) is 0 Å². The van der Waals surface area contributed by atoms with E-state index in [4.69, 9.17) is 0 Å². The Bertz CT molecular complexity index is 806. The van der Waals surface area contributed by atoms with Gasteiger partial charge in [-0.15, -0.1) is 0 Å². The fourth-order valence-electron chi connectivity index (χ4n) is 3.88. The van der Waals surface area contributed by atoms with E-state index in [-0.39, 0.29) is 23.8 Å². The van der Waals surface area contributed by atoms with Crippen molar-refractivity contribution in [2.75, 3.05) is 13.1 Å². The Morgan fingerprint density at radius 1 is 1.28 bits per heavy atom. The molecule has 2 aromatic rings. The molecule has 1 aromatic carbocycles. The van der Waals surface area contributed by atoms with Crippen LogP contribution in [0.3, 0.4) is 0 Å². The second-order valence-electron chi connectivity index (χ2n) is 7.32. The minimum Gasteiger partial charge on any atom is -0.361 e. The summed E-state index contributed by atoms with van der Waals surface area (Å²) in [5.41, 5.74) is 3.62. The number of para-hydroxylation sites is 1. The van der Waals surface area contributed by atoms with E-state index in [0.717, 1.165) is 38.6 Å². The summed E-state index contributed by atoms with van der Waals surface area (Å²) >= 11 is 0. The van der Waals surface area contributed by atoms with Crippen molar-refractivity contribution in [3.05, 3.63) is 35.5 Å². The van der Waals surface area contributed by atoms with E-state index in [1.165, 1.54) is 22.0 Å². The Balaban J connectivity index is 1.35. The number of fused-ring (bicyclic) bond motifs is 1. The highest BCUT2D eigenvalue weighted by atomic mass is 16.2. The van der Waals surface area contributed by atoms with Crippen LogP contribution in [0.15, 0.2) is 24.4 Å². The van der Waals surface area contributed by atoms with Gasteiger partial charge in [-0.25, -0.2) is 0 Å². The number of carbonyl (C=O) groups excluding carboxylic acids is 2. The number of nitrogens with zero attached hydrogens (tertiary/aromatic N) is 1. The first kappa shape index (κ1) is 16.2. The summed E-state index contributed by atoms with van der Waals surface area (Å²) in [7, 11) is 0. The smallest absolute Gasteiger partial charge is 0.242 e. The molecule has 1 atom stereocenters. The normalized spacial score (nSPS) is 20.2. The van der Waals surface area contributed by atoms with Gasteiger partial charge in [-0.2, -0.15) is 0 Å². The third kappa shape index (κ3) is 3.15. The van der Waals surface area contributed by atoms with Gasteiger partial charge in [-0.3, -0.25) is 9.59 Å². The summed E-state index contributed by atoms with van der Waals surface area (Å²) in [5.74, 6) is 0.370. The molecule has 0 spiro atoms. The summed E-state index contributed by atoms with van der Waals surface area (Å²) in [6.45, 7) is 3.42. The van der Waals surface area contributed by atoms with E-state index in [2.05, 4.69) is 35.4 Å². The zero-order valence-electron chi connectivity index (χ0n) is 14.7.